The molecule has 0 unspecified atom stereocenters. The van der Waals surface area contributed by atoms with E-state index in [1.807, 2.05) is 0 Å². The van der Waals surface area contributed by atoms with Crippen LogP contribution in [0.1, 0.15) is 22.1 Å². The first-order chi connectivity index (χ1) is 9.47. The maximum Gasteiger partial charge on any atom is 0.270 e. The van der Waals surface area contributed by atoms with Crippen molar-refractivity contribution in [2.24, 2.45) is 0 Å². The Morgan fingerprint density at radius 3 is 2.85 bits per heavy atom. The molecule has 0 spiro atoms. The number of nitrogens with zero attached hydrogens (tertiary/aromatic N) is 3. The van der Waals surface area contributed by atoms with Crippen LogP contribution in [0.25, 0.3) is 0 Å². The van der Waals surface area contributed by atoms with Crippen molar-refractivity contribution in [3.8, 4) is 0 Å². The first-order valence-corrected chi connectivity index (χ1v) is 5.86. The molecule has 1 heterocycles. The molecule has 8 nitrogen and oxygen atoms in total. The molecule has 0 saturated carbocycles. The topological polar surface area (TPSA) is 111 Å². The minimum absolute atomic E-state index is 0.000919. The number of rotatable bonds is 4. The third-order valence-corrected chi connectivity index (χ3v) is 2.70. The number of amides is 1. The molecule has 0 radical (unpaired) electrons. The van der Waals surface area contributed by atoms with Gasteiger partial charge >= 0.3 is 0 Å². The molecule has 0 saturated heterocycles. The number of non-ortho nitro benzene ring substituents is 1. The molecule has 0 aliphatic carbocycles. The summed E-state index contributed by atoms with van der Waals surface area (Å²) < 4.78 is 4.75. The average Bonchev–Trinajstić information content (AvgIpc) is 2.81. The fraction of sp³-hybridized carbons (Fsp3) is 0.182. The Morgan fingerprint density at radius 1 is 1.55 bits per heavy atom. The van der Waals surface area contributed by atoms with Gasteiger partial charge in [-0.25, -0.2) is 0 Å². The molecule has 0 fully saturated rings. The highest BCUT2D eigenvalue weighted by Gasteiger charge is 2.15. The van der Waals surface area contributed by atoms with Crippen LogP contribution < -0.4 is 5.32 Å². The van der Waals surface area contributed by atoms with Crippen molar-refractivity contribution in [2.75, 3.05) is 0 Å². The van der Waals surface area contributed by atoms with E-state index in [-0.39, 0.29) is 22.8 Å². The van der Waals surface area contributed by atoms with Crippen LogP contribution in [0.3, 0.4) is 0 Å². The summed E-state index contributed by atoms with van der Waals surface area (Å²) in [6.45, 7) is 1.70. The highest BCUT2D eigenvalue weighted by molar-refractivity contribution is 6.34. The van der Waals surface area contributed by atoms with Crippen LogP contribution >= 0.6 is 11.6 Å². The third-order valence-electron chi connectivity index (χ3n) is 2.38. The second-order valence-electron chi connectivity index (χ2n) is 3.83. The van der Waals surface area contributed by atoms with Crippen molar-refractivity contribution in [2.45, 2.75) is 13.5 Å². The van der Waals surface area contributed by atoms with E-state index in [9.17, 15) is 14.9 Å². The number of aryl methyl sites for hydroxylation is 1. The first-order valence-electron chi connectivity index (χ1n) is 5.48. The highest BCUT2D eigenvalue weighted by Crippen LogP contribution is 2.22. The fourth-order valence-electron chi connectivity index (χ4n) is 1.47. The maximum atomic E-state index is 11.9. The summed E-state index contributed by atoms with van der Waals surface area (Å²) >= 11 is 5.84. The van der Waals surface area contributed by atoms with Gasteiger partial charge in [-0.05, 0) is 6.07 Å². The molecular weight excluding hydrogens is 288 g/mol. The number of halogens is 1. The van der Waals surface area contributed by atoms with Gasteiger partial charge < -0.3 is 9.84 Å². The van der Waals surface area contributed by atoms with E-state index in [0.29, 0.717) is 11.7 Å². The molecular formula is C11H9ClN4O4. The average molecular weight is 297 g/mol. The number of carbonyl (C=O) groups excluding carboxylic acids is 1. The summed E-state index contributed by atoms with van der Waals surface area (Å²) in [4.78, 5) is 25.8. The first kappa shape index (κ1) is 13.9. The normalized spacial score (nSPS) is 10.3. The third kappa shape index (κ3) is 3.09. The lowest BCUT2D eigenvalue weighted by atomic mass is 10.2. The molecule has 104 valence electrons. The van der Waals surface area contributed by atoms with Crippen molar-refractivity contribution in [1.82, 2.24) is 15.5 Å². The molecule has 1 aromatic carbocycles. The number of benzene rings is 1. The van der Waals surface area contributed by atoms with Crippen molar-refractivity contribution in [3.05, 3.63) is 50.6 Å². The zero-order valence-corrected chi connectivity index (χ0v) is 11.0. The largest absolute Gasteiger partial charge is 0.345 e. The Kier molecular flexibility index (Phi) is 3.94. The standard InChI is InChI=1S/C11H9ClN4O4/c1-6-14-10(15-20-6)5-13-11(17)8-3-2-7(16(18)19)4-9(8)12/h2-4H,5H2,1H3,(H,13,17). The Labute approximate surface area is 117 Å². The predicted octanol–water partition coefficient (Wildman–Crippen LogP) is 1.87. The Bertz CT molecular complexity index is 670. The number of hydrogen-bond donors (Lipinski definition) is 1. The molecule has 9 heteroatoms. The lowest BCUT2D eigenvalue weighted by molar-refractivity contribution is -0.384. The van der Waals surface area contributed by atoms with Crippen LogP contribution in [0.15, 0.2) is 22.7 Å². The molecule has 0 bridgehead atoms. The van der Waals surface area contributed by atoms with Crippen molar-refractivity contribution >= 4 is 23.2 Å². The summed E-state index contributed by atoms with van der Waals surface area (Å²) in [5, 5.41) is 16.7. The number of aromatic nitrogens is 2. The summed E-state index contributed by atoms with van der Waals surface area (Å²) in [7, 11) is 0. The van der Waals surface area contributed by atoms with Crippen molar-refractivity contribution in [3.63, 3.8) is 0 Å². The SMILES string of the molecule is Cc1nc(CNC(=O)c2ccc([N+](=O)[O-])cc2Cl)no1. The number of carbonyl (C=O) groups is 1. The quantitative estimate of drug-likeness (QED) is 0.681. The number of hydrogen-bond acceptors (Lipinski definition) is 6. The van der Waals surface area contributed by atoms with Gasteiger partial charge in [0.25, 0.3) is 11.6 Å². The van der Waals surface area contributed by atoms with Crippen LogP contribution in [0.5, 0.6) is 0 Å². The van der Waals surface area contributed by atoms with E-state index in [1.165, 1.54) is 12.1 Å². The summed E-state index contributed by atoms with van der Waals surface area (Å²) in [5.74, 6) is 0.240. The molecule has 0 aliphatic rings. The molecule has 2 aromatic rings. The lowest BCUT2D eigenvalue weighted by Gasteiger charge is -2.04. The monoisotopic (exact) mass is 296 g/mol. The van der Waals surface area contributed by atoms with E-state index < -0.39 is 10.8 Å². The van der Waals surface area contributed by atoms with Gasteiger partial charge in [-0.2, -0.15) is 4.98 Å². The van der Waals surface area contributed by atoms with Crippen molar-refractivity contribution < 1.29 is 14.2 Å². The summed E-state index contributed by atoms with van der Waals surface area (Å²) in [6, 6.07) is 3.62. The molecule has 0 atom stereocenters. The highest BCUT2D eigenvalue weighted by atomic mass is 35.5. The van der Waals surface area contributed by atoms with E-state index in [0.717, 1.165) is 6.07 Å². The Hall–Kier alpha value is -2.48. The minimum atomic E-state index is -0.588. The van der Waals surface area contributed by atoms with Gasteiger partial charge in [0.05, 0.1) is 22.1 Å². The van der Waals surface area contributed by atoms with Crippen LogP contribution in [0, 0.1) is 17.0 Å². The van der Waals surface area contributed by atoms with Gasteiger partial charge in [0.2, 0.25) is 5.89 Å². The second-order valence-corrected chi connectivity index (χ2v) is 4.24. The van der Waals surface area contributed by atoms with E-state index in [2.05, 4.69) is 15.5 Å². The smallest absolute Gasteiger partial charge is 0.270 e. The Morgan fingerprint density at radius 2 is 2.30 bits per heavy atom. The molecule has 1 N–H and O–H groups in total. The Balaban J connectivity index is 2.07. The summed E-state index contributed by atoms with van der Waals surface area (Å²) in [5.41, 5.74) is -0.0437. The minimum Gasteiger partial charge on any atom is -0.345 e. The van der Waals surface area contributed by atoms with E-state index >= 15 is 0 Å². The van der Waals surface area contributed by atoms with Gasteiger partial charge in [0, 0.05) is 19.1 Å². The zero-order chi connectivity index (χ0) is 14.7. The number of nitrogens with one attached hydrogen (secondary N) is 1. The predicted molar refractivity (Wildman–Crippen MR) is 68.3 cm³/mol. The van der Waals surface area contributed by atoms with Gasteiger partial charge in [0.1, 0.15) is 0 Å². The van der Waals surface area contributed by atoms with Crippen LogP contribution in [0.2, 0.25) is 5.02 Å². The van der Waals surface area contributed by atoms with Crippen LogP contribution in [-0.4, -0.2) is 21.0 Å². The van der Waals surface area contributed by atoms with Gasteiger partial charge in [-0.15, -0.1) is 0 Å². The summed E-state index contributed by atoms with van der Waals surface area (Å²) in [6.07, 6.45) is 0. The van der Waals surface area contributed by atoms with Crippen molar-refractivity contribution in [1.29, 1.82) is 0 Å². The van der Waals surface area contributed by atoms with E-state index in [1.54, 1.807) is 6.92 Å². The van der Waals surface area contributed by atoms with Gasteiger partial charge in [-0.3, -0.25) is 14.9 Å². The van der Waals surface area contributed by atoms with Gasteiger partial charge in [-0.1, -0.05) is 16.8 Å². The fourth-order valence-corrected chi connectivity index (χ4v) is 1.73. The second kappa shape index (κ2) is 5.66. The lowest BCUT2D eigenvalue weighted by Crippen LogP contribution is -2.23. The zero-order valence-electron chi connectivity index (χ0n) is 10.3. The molecule has 2 rings (SSSR count). The van der Waals surface area contributed by atoms with Gasteiger partial charge in [0.15, 0.2) is 5.82 Å². The number of nitro groups is 1. The molecule has 1 amide bonds. The van der Waals surface area contributed by atoms with E-state index in [4.69, 9.17) is 16.1 Å². The number of nitro benzene ring substituents is 1. The molecule has 0 aliphatic heterocycles. The maximum absolute atomic E-state index is 11.9. The van der Waals surface area contributed by atoms with Crippen LogP contribution in [-0.2, 0) is 6.54 Å². The van der Waals surface area contributed by atoms with Crippen LogP contribution in [0.4, 0.5) is 5.69 Å². The molecule has 1 aromatic heterocycles. The molecule has 20 heavy (non-hydrogen) atoms.